The molecule has 0 bridgehead atoms. The van der Waals surface area contributed by atoms with Gasteiger partial charge in [0.2, 0.25) is 11.0 Å². The van der Waals surface area contributed by atoms with Crippen molar-refractivity contribution in [3.63, 3.8) is 0 Å². The second-order valence-electron chi connectivity index (χ2n) is 7.01. The number of aromatic nitrogens is 2. The van der Waals surface area contributed by atoms with E-state index >= 15 is 0 Å². The van der Waals surface area contributed by atoms with Gasteiger partial charge in [0.25, 0.3) is 5.91 Å². The second kappa shape index (κ2) is 10.4. The molecule has 0 aliphatic heterocycles. The number of halogens is 1. The fourth-order valence-corrected chi connectivity index (χ4v) is 4.68. The summed E-state index contributed by atoms with van der Waals surface area (Å²) in [4.78, 5) is 26.4. The molecule has 0 aliphatic carbocycles. The zero-order valence-electron chi connectivity index (χ0n) is 17.5. The van der Waals surface area contributed by atoms with Crippen molar-refractivity contribution in [3.05, 3.63) is 101 Å². The van der Waals surface area contributed by atoms with Crippen molar-refractivity contribution in [2.75, 3.05) is 10.6 Å². The van der Waals surface area contributed by atoms with Crippen molar-refractivity contribution in [1.29, 1.82) is 0 Å². The summed E-state index contributed by atoms with van der Waals surface area (Å²) in [6, 6.07) is 22.0. The van der Waals surface area contributed by atoms with Crippen LogP contribution in [0.25, 0.3) is 0 Å². The number of nitrogens with one attached hydrogen (secondary N) is 2. The highest BCUT2D eigenvalue weighted by Crippen LogP contribution is 2.37. The van der Waals surface area contributed by atoms with E-state index in [0.29, 0.717) is 16.4 Å². The molecule has 4 rings (SSSR count). The first-order valence-electron chi connectivity index (χ1n) is 9.97. The van der Waals surface area contributed by atoms with Crippen molar-refractivity contribution in [2.24, 2.45) is 0 Å². The van der Waals surface area contributed by atoms with Crippen molar-refractivity contribution >= 4 is 45.7 Å². The maximum absolute atomic E-state index is 13.1. The summed E-state index contributed by atoms with van der Waals surface area (Å²) in [6.45, 7) is 1.82. The largest absolute Gasteiger partial charge is 0.322 e. The van der Waals surface area contributed by atoms with Gasteiger partial charge in [-0.3, -0.25) is 14.9 Å². The first-order chi connectivity index (χ1) is 16.0. The van der Waals surface area contributed by atoms with Crippen LogP contribution in [0, 0.1) is 12.7 Å². The van der Waals surface area contributed by atoms with E-state index in [1.807, 2.05) is 43.3 Å². The minimum absolute atomic E-state index is 0.219. The molecule has 6 nitrogen and oxygen atoms in total. The molecular weight excluding hydrogens is 459 g/mol. The maximum atomic E-state index is 13.1. The Kier molecular flexibility index (Phi) is 7.11. The first-order valence-corrected chi connectivity index (χ1v) is 11.7. The zero-order chi connectivity index (χ0) is 23.2. The number of hydrogen-bond donors (Lipinski definition) is 2. The van der Waals surface area contributed by atoms with Gasteiger partial charge in [0.05, 0.1) is 0 Å². The maximum Gasteiger partial charge on any atom is 0.255 e. The molecule has 0 saturated heterocycles. The van der Waals surface area contributed by atoms with Gasteiger partial charge in [-0.25, -0.2) is 4.39 Å². The van der Waals surface area contributed by atoms with Crippen LogP contribution in [0.2, 0.25) is 0 Å². The summed E-state index contributed by atoms with van der Waals surface area (Å²) >= 11 is 2.67. The molecule has 0 spiro atoms. The molecule has 0 fully saturated rings. The van der Waals surface area contributed by atoms with Gasteiger partial charge in [-0.1, -0.05) is 47.7 Å². The molecule has 2 amide bonds. The molecule has 4 aromatic rings. The van der Waals surface area contributed by atoms with E-state index in [9.17, 15) is 14.0 Å². The Labute approximate surface area is 198 Å². The van der Waals surface area contributed by atoms with Crippen LogP contribution < -0.4 is 10.6 Å². The number of amides is 2. The summed E-state index contributed by atoms with van der Waals surface area (Å²) < 4.78 is 13.1. The highest BCUT2D eigenvalue weighted by molar-refractivity contribution is 8.00. The summed E-state index contributed by atoms with van der Waals surface area (Å²) in [6.07, 6.45) is 0. The molecule has 1 unspecified atom stereocenters. The third-order valence-corrected chi connectivity index (χ3v) is 6.55. The Hall–Kier alpha value is -3.56. The molecule has 1 heterocycles. The molecular formula is C24H19FN4O2S2. The van der Waals surface area contributed by atoms with Gasteiger partial charge in [0, 0.05) is 16.1 Å². The number of anilines is 2. The predicted octanol–water partition coefficient (Wildman–Crippen LogP) is 5.71. The van der Waals surface area contributed by atoms with Gasteiger partial charge in [-0.15, -0.1) is 22.0 Å². The van der Waals surface area contributed by atoms with E-state index in [0.717, 1.165) is 15.5 Å². The topological polar surface area (TPSA) is 84.0 Å². The highest BCUT2D eigenvalue weighted by Gasteiger charge is 2.23. The Morgan fingerprint density at radius 3 is 2.39 bits per heavy atom. The quantitative estimate of drug-likeness (QED) is 0.333. The molecule has 33 heavy (non-hydrogen) atoms. The fraction of sp³-hybridized carbons (Fsp3) is 0.0833. The van der Waals surface area contributed by atoms with E-state index < -0.39 is 11.1 Å². The Balaban J connectivity index is 1.53. The minimum atomic E-state index is -0.543. The number of nitrogens with zero attached hydrogens (tertiary/aromatic N) is 2. The number of hydrogen-bond acceptors (Lipinski definition) is 6. The Morgan fingerprint density at radius 1 is 0.939 bits per heavy atom. The molecule has 9 heteroatoms. The summed E-state index contributed by atoms with van der Waals surface area (Å²) in [7, 11) is 0. The van der Waals surface area contributed by atoms with Crippen LogP contribution in [0.15, 0.2) is 83.8 Å². The minimum Gasteiger partial charge on any atom is -0.322 e. The third-order valence-electron chi connectivity index (χ3n) is 4.55. The predicted molar refractivity (Wildman–Crippen MR) is 129 cm³/mol. The lowest BCUT2D eigenvalue weighted by atomic mass is 10.1. The lowest BCUT2D eigenvalue weighted by Crippen LogP contribution is -2.19. The monoisotopic (exact) mass is 478 g/mol. The van der Waals surface area contributed by atoms with E-state index in [1.54, 1.807) is 18.2 Å². The van der Waals surface area contributed by atoms with Crippen LogP contribution >= 0.6 is 23.1 Å². The smallest absolute Gasteiger partial charge is 0.255 e. The van der Waals surface area contributed by atoms with Crippen molar-refractivity contribution < 1.29 is 14.0 Å². The van der Waals surface area contributed by atoms with Gasteiger partial charge >= 0.3 is 0 Å². The zero-order valence-corrected chi connectivity index (χ0v) is 19.1. The Bertz CT molecular complexity index is 1260. The van der Waals surface area contributed by atoms with Crippen molar-refractivity contribution in [3.8, 4) is 0 Å². The highest BCUT2D eigenvalue weighted by atomic mass is 32.2. The van der Waals surface area contributed by atoms with Crippen LogP contribution in [0.5, 0.6) is 0 Å². The van der Waals surface area contributed by atoms with E-state index in [-0.39, 0.29) is 11.8 Å². The summed E-state index contributed by atoms with van der Waals surface area (Å²) in [5.74, 6) is -0.969. The molecule has 2 N–H and O–H groups in total. The first kappa shape index (κ1) is 22.6. The fourth-order valence-electron chi connectivity index (χ4n) is 3.01. The van der Waals surface area contributed by atoms with E-state index in [4.69, 9.17) is 0 Å². The Morgan fingerprint density at radius 2 is 1.70 bits per heavy atom. The lowest BCUT2D eigenvalue weighted by Gasteiger charge is -2.16. The SMILES string of the molecule is Cc1nnc(NC(=O)C(Sc2cccc(NC(=O)c3ccc(F)cc3)c2)c2ccccc2)s1. The number of aryl methyl sites for hydroxylation is 1. The molecule has 1 aromatic heterocycles. The van der Waals surface area contributed by atoms with Crippen LogP contribution in [0.4, 0.5) is 15.2 Å². The standard InChI is InChI=1S/C24H19FN4O2S2/c1-15-28-29-24(32-15)27-23(31)21(16-6-3-2-4-7-16)33-20-9-5-8-19(14-20)26-22(30)17-10-12-18(25)13-11-17/h2-14,21H,1H3,(H,26,30)(H,27,29,31). The molecule has 3 aromatic carbocycles. The summed E-state index contributed by atoms with van der Waals surface area (Å²) in [5.41, 5.74) is 1.76. The van der Waals surface area contributed by atoms with E-state index in [2.05, 4.69) is 20.8 Å². The lowest BCUT2D eigenvalue weighted by molar-refractivity contribution is -0.115. The normalized spacial score (nSPS) is 11.6. The molecule has 0 aliphatic rings. The number of thioether (sulfide) groups is 1. The van der Waals surface area contributed by atoms with Crippen molar-refractivity contribution in [1.82, 2.24) is 10.2 Å². The molecule has 0 saturated carbocycles. The molecule has 0 radical (unpaired) electrons. The van der Waals surface area contributed by atoms with Crippen LogP contribution in [0.1, 0.15) is 26.2 Å². The average molecular weight is 479 g/mol. The summed E-state index contributed by atoms with van der Waals surface area (Å²) in [5, 5.41) is 14.2. The van der Waals surface area contributed by atoms with Crippen LogP contribution in [-0.4, -0.2) is 22.0 Å². The molecule has 166 valence electrons. The number of carbonyl (C=O) groups is 2. The second-order valence-corrected chi connectivity index (χ2v) is 9.37. The number of rotatable bonds is 7. The van der Waals surface area contributed by atoms with Gasteiger partial charge < -0.3 is 5.32 Å². The average Bonchev–Trinajstić information content (AvgIpc) is 3.23. The van der Waals surface area contributed by atoms with Gasteiger partial charge in [0.15, 0.2) is 0 Å². The number of carbonyl (C=O) groups excluding carboxylic acids is 2. The van der Waals surface area contributed by atoms with Crippen LogP contribution in [-0.2, 0) is 4.79 Å². The number of benzene rings is 3. The molecule has 1 atom stereocenters. The third kappa shape index (κ3) is 6.03. The van der Waals surface area contributed by atoms with Gasteiger partial charge in [-0.2, -0.15) is 0 Å². The van der Waals surface area contributed by atoms with Gasteiger partial charge in [0.1, 0.15) is 16.1 Å². The van der Waals surface area contributed by atoms with Crippen molar-refractivity contribution in [2.45, 2.75) is 17.1 Å². The van der Waals surface area contributed by atoms with E-state index in [1.165, 1.54) is 47.4 Å². The van der Waals surface area contributed by atoms with Crippen LogP contribution in [0.3, 0.4) is 0 Å². The van der Waals surface area contributed by atoms with Gasteiger partial charge in [-0.05, 0) is 55.0 Å².